The molecule has 0 unspecified atom stereocenters. The Morgan fingerprint density at radius 1 is 1.00 bits per heavy atom. The van der Waals surface area contributed by atoms with Crippen LogP contribution in [0.1, 0.15) is 5.69 Å². The van der Waals surface area contributed by atoms with Gasteiger partial charge in [-0.05, 0) is 42.3 Å². The van der Waals surface area contributed by atoms with Gasteiger partial charge in [-0.15, -0.1) is 17.0 Å². The van der Waals surface area contributed by atoms with Gasteiger partial charge < -0.3 is 5.11 Å². The molecule has 0 amide bonds. The molecule has 0 fully saturated rings. The minimum absolute atomic E-state index is 0. The van der Waals surface area contributed by atoms with Crippen LogP contribution >= 0.6 is 17.0 Å². The molecule has 0 aliphatic carbocycles. The first kappa shape index (κ1) is 11.7. The summed E-state index contributed by atoms with van der Waals surface area (Å²) in [5, 5.41) is 9.15. The number of nitrogens with zero attached hydrogens (tertiary/aromatic N) is 1. The van der Waals surface area contributed by atoms with Gasteiger partial charge in [0, 0.05) is 11.9 Å². The first-order valence-electron chi connectivity index (χ1n) is 4.48. The lowest BCUT2D eigenvalue weighted by Gasteiger charge is -2.02. The molecule has 15 heavy (non-hydrogen) atoms. The fourth-order valence-corrected chi connectivity index (χ4v) is 1.38. The van der Waals surface area contributed by atoms with E-state index in [0.717, 1.165) is 16.8 Å². The Kier molecular flexibility index (Phi) is 3.86. The molecular formula is C12H12BrNO. The predicted octanol–water partition coefficient (Wildman–Crippen LogP) is 3.34. The van der Waals surface area contributed by atoms with Crippen molar-refractivity contribution in [2.75, 3.05) is 0 Å². The van der Waals surface area contributed by atoms with Crippen LogP contribution in [0.5, 0.6) is 5.75 Å². The molecule has 2 nitrogen and oxygen atoms in total. The molecule has 2 aromatic rings. The van der Waals surface area contributed by atoms with Gasteiger partial charge in [-0.3, -0.25) is 4.98 Å². The smallest absolute Gasteiger partial charge is 0.115 e. The summed E-state index contributed by atoms with van der Waals surface area (Å²) in [6.45, 7) is 1.96. The van der Waals surface area contributed by atoms with E-state index in [-0.39, 0.29) is 17.0 Å². The van der Waals surface area contributed by atoms with Crippen LogP contribution in [0.15, 0.2) is 42.6 Å². The second-order valence-corrected chi connectivity index (χ2v) is 3.23. The number of aromatic hydroxyl groups is 1. The molecule has 1 aromatic carbocycles. The van der Waals surface area contributed by atoms with Crippen molar-refractivity contribution >= 4 is 17.0 Å². The van der Waals surface area contributed by atoms with E-state index in [9.17, 15) is 0 Å². The molecule has 0 aliphatic heterocycles. The number of hydrogen-bond acceptors (Lipinski definition) is 2. The molecule has 2 rings (SSSR count). The summed E-state index contributed by atoms with van der Waals surface area (Å²) in [6.07, 6.45) is 1.79. The number of halogens is 1. The van der Waals surface area contributed by atoms with Gasteiger partial charge in [0.25, 0.3) is 0 Å². The van der Waals surface area contributed by atoms with E-state index in [1.807, 2.05) is 31.2 Å². The van der Waals surface area contributed by atoms with Crippen LogP contribution in [0, 0.1) is 6.92 Å². The van der Waals surface area contributed by atoms with Crippen molar-refractivity contribution in [1.29, 1.82) is 0 Å². The zero-order chi connectivity index (χ0) is 9.97. The number of phenolic OH excluding ortho intramolecular Hbond substituents is 1. The van der Waals surface area contributed by atoms with Gasteiger partial charge in [-0.2, -0.15) is 0 Å². The zero-order valence-corrected chi connectivity index (χ0v) is 10.1. The maximum Gasteiger partial charge on any atom is 0.115 e. The molecule has 0 bridgehead atoms. The minimum Gasteiger partial charge on any atom is -0.508 e. The van der Waals surface area contributed by atoms with Crippen molar-refractivity contribution in [2.45, 2.75) is 6.92 Å². The molecule has 0 radical (unpaired) electrons. The normalized spacial score (nSPS) is 9.40. The molecule has 1 heterocycles. The summed E-state index contributed by atoms with van der Waals surface area (Å²) < 4.78 is 0. The van der Waals surface area contributed by atoms with Crippen LogP contribution < -0.4 is 0 Å². The SMILES string of the molecule is Br.Cc1cc(-c2ccc(O)cc2)ccn1. The number of aryl methyl sites for hydroxylation is 1. The van der Waals surface area contributed by atoms with Crippen LogP contribution in [0.4, 0.5) is 0 Å². The van der Waals surface area contributed by atoms with Crippen molar-refractivity contribution in [3.63, 3.8) is 0 Å². The van der Waals surface area contributed by atoms with E-state index >= 15 is 0 Å². The van der Waals surface area contributed by atoms with E-state index in [1.54, 1.807) is 18.3 Å². The Morgan fingerprint density at radius 2 is 1.67 bits per heavy atom. The molecular weight excluding hydrogens is 254 g/mol. The van der Waals surface area contributed by atoms with E-state index in [0.29, 0.717) is 5.75 Å². The van der Waals surface area contributed by atoms with Gasteiger partial charge in [0.05, 0.1) is 0 Å². The average molecular weight is 266 g/mol. The van der Waals surface area contributed by atoms with Crippen LogP contribution in [0.3, 0.4) is 0 Å². The lowest BCUT2D eigenvalue weighted by Crippen LogP contribution is -1.82. The Balaban J connectivity index is 0.00000112. The molecule has 0 atom stereocenters. The predicted molar refractivity (Wildman–Crippen MR) is 66.4 cm³/mol. The van der Waals surface area contributed by atoms with Crippen LogP contribution in [-0.4, -0.2) is 10.1 Å². The maximum atomic E-state index is 9.15. The largest absolute Gasteiger partial charge is 0.508 e. The summed E-state index contributed by atoms with van der Waals surface area (Å²) in [6, 6.07) is 11.1. The van der Waals surface area contributed by atoms with Crippen LogP contribution in [0.2, 0.25) is 0 Å². The van der Waals surface area contributed by atoms with Crippen molar-refractivity contribution in [3.05, 3.63) is 48.3 Å². The average Bonchev–Trinajstić information content (AvgIpc) is 2.19. The highest BCUT2D eigenvalue weighted by Crippen LogP contribution is 2.21. The van der Waals surface area contributed by atoms with Crippen LogP contribution in [-0.2, 0) is 0 Å². The topological polar surface area (TPSA) is 33.1 Å². The fraction of sp³-hybridized carbons (Fsp3) is 0.0833. The number of hydrogen-bond donors (Lipinski definition) is 1. The molecule has 0 saturated heterocycles. The van der Waals surface area contributed by atoms with Crippen molar-refractivity contribution in [3.8, 4) is 16.9 Å². The minimum atomic E-state index is 0. The fourth-order valence-electron chi connectivity index (χ4n) is 1.38. The van der Waals surface area contributed by atoms with Gasteiger partial charge in [0.2, 0.25) is 0 Å². The van der Waals surface area contributed by atoms with Crippen LogP contribution in [0.25, 0.3) is 11.1 Å². The summed E-state index contributed by atoms with van der Waals surface area (Å²) in [4.78, 5) is 4.13. The summed E-state index contributed by atoms with van der Waals surface area (Å²) in [7, 11) is 0. The van der Waals surface area contributed by atoms with E-state index < -0.39 is 0 Å². The Labute approximate surface area is 99.4 Å². The van der Waals surface area contributed by atoms with Gasteiger partial charge >= 0.3 is 0 Å². The van der Waals surface area contributed by atoms with Gasteiger partial charge in [0.15, 0.2) is 0 Å². The first-order chi connectivity index (χ1) is 6.75. The lowest BCUT2D eigenvalue weighted by atomic mass is 10.1. The highest BCUT2D eigenvalue weighted by Gasteiger charge is 1.97. The van der Waals surface area contributed by atoms with Crippen molar-refractivity contribution in [2.24, 2.45) is 0 Å². The monoisotopic (exact) mass is 265 g/mol. The Morgan fingerprint density at radius 3 is 2.27 bits per heavy atom. The van der Waals surface area contributed by atoms with E-state index in [4.69, 9.17) is 5.11 Å². The third-order valence-electron chi connectivity index (χ3n) is 2.10. The number of benzene rings is 1. The number of pyridine rings is 1. The summed E-state index contributed by atoms with van der Waals surface area (Å²) in [5.74, 6) is 0.291. The number of phenols is 1. The van der Waals surface area contributed by atoms with E-state index in [2.05, 4.69) is 4.98 Å². The highest BCUT2D eigenvalue weighted by molar-refractivity contribution is 8.93. The Hall–Kier alpha value is -1.35. The lowest BCUT2D eigenvalue weighted by molar-refractivity contribution is 0.475. The second kappa shape index (κ2) is 4.94. The number of aromatic nitrogens is 1. The van der Waals surface area contributed by atoms with E-state index in [1.165, 1.54) is 0 Å². The first-order valence-corrected chi connectivity index (χ1v) is 4.48. The molecule has 0 spiro atoms. The molecule has 78 valence electrons. The number of rotatable bonds is 1. The zero-order valence-electron chi connectivity index (χ0n) is 8.34. The molecule has 0 aliphatic rings. The highest BCUT2D eigenvalue weighted by atomic mass is 79.9. The molecule has 3 heteroatoms. The van der Waals surface area contributed by atoms with Crippen molar-refractivity contribution < 1.29 is 5.11 Å². The Bertz CT molecular complexity index is 440. The summed E-state index contributed by atoms with van der Waals surface area (Å²) in [5.41, 5.74) is 3.21. The quantitative estimate of drug-likeness (QED) is 0.858. The second-order valence-electron chi connectivity index (χ2n) is 3.23. The molecule has 1 N–H and O–H groups in total. The van der Waals surface area contributed by atoms with Gasteiger partial charge in [0.1, 0.15) is 5.75 Å². The summed E-state index contributed by atoms with van der Waals surface area (Å²) >= 11 is 0. The van der Waals surface area contributed by atoms with Crippen molar-refractivity contribution in [1.82, 2.24) is 4.98 Å². The van der Waals surface area contributed by atoms with Gasteiger partial charge in [-0.1, -0.05) is 12.1 Å². The third-order valence-corrected chi connectivity index (χ3v) is 2.10. The standard InChI is InChI=1S/C12H11NO.BrH/c1-9-8-11(6-7-13-9)10-2-4-12(14)5-3-10;/h2-8,14H,1H3;1H. The maximum absolute atomic E-state index is 9.15. The molecule has 1 aromatic heterocycles. The van der Waals surface area contributed by atoms with Gasteiger partial charge in [-0.25, -0.2) is 0 Å². The molecule has 0 saturated carbocycles. The third kappa shape index (κ3) is 2.80.